The summed E-state index contributed by atoms with van der Waals surface area (Å²) >= 11 is 0. The Labute approximate surface area is 106 Å². The van der Waals surface area contributed by atoms with Crippen LogP contribution >= 0.6 is 24.8 Å². The van der Waals surface area contributed by atoms with E-state index in [4.69, 9.17) is 5.84 Å². The number of hydrazine groups is 1. The first-order valence-electron chi connectivity index (χ1n) is 4.25. The zero-order valence-electron chi connectivity index (χ0n) is 8.62. The van der Waals surface area contributed by atoms with Crippen molar-refractivity contribution in [2.45, 2.75) is 6.92 Å². The molecule has 2 aromatic rings. The van der Waals surface area contributed by atoms with Gasteiger partial charge in [0.05, 0.1) is 5.69 Å². The van der Waals surface area contributed by atoms with Crippen LogP contribution in [0.3, 0.4) is 0 Å². The number of aromatic nitrogens is 3. The molecule has 0 radical (unpaired) electrons. The van der Waals surface area contributed by atoms with Gasteiger partial charge in [0.1, 0.15) is 12.2 Å². The summed E-state index contributed by atoms with van der Waals surface area (Å²) in [4.78, 5) is 4.05. The molecule has 1 heterocycles. The quantitative estimate of drug-likeness (QED) is 0.638. The topological polar surface area (TPSA) is 68.8 Å². The molecule has 0 saturated heterocycles. The molecule has 0 fully saturated rings. The summed E-state index contributed by atoms with van der Waals surface area (Å²) in [6, 6.07) is 7.60. The van der Waals surface area contributed by atoms with E-state index >= 15 is 0 Å². The standard InChI is InChI=1S/C9H11N5.2ClH/c1-7-11-6-14(13-7)9-4-2-8(12-10)3-5-9;;/h2-6,12H,10H2,1H3;2*1H. The first kappa shape index (κ1) is 14.7. The van der Waals surface area contributed by atoms with Gasteiger partial charge in [0.15, 0.2) is 0 Å². The molecule has 0 saturated carbocycles. The number of benzene rings is 1. The lowest BCUT2D eigenvalue weighted by Gasteiger charge is -2.02. The zero-order valence-corrected chi connectivity index (χ0v) is 10.3. The van der Waals surface area contributed by atoms with Gasteiger partial charge in [0.2, 0.25) is 0 Å². The molecule has 0 atom stereocenters. The van der Waals surface area contributed by atoms with E-state index in [2.05, 4.69) is 15.5 Å². The second-order valence-electron chi connectivity index (χ2n) is 2.93. The van der Waals surface area contributed by atoms with Gasteiger partial charge in [-0.2, -0.15) is 5.10 Å². The van der Waals surface area contributed by atoms with E-state index in [1.54, 1.807) is 11.0 Å². The monoisotopic (exact) mass is 261 g/mol. The highest BCUT2D eigenvalue weighted by Gasteiger charge is 1.98. The third kappa shape index (κ3) is 3.10. The first-order chi connectivity index (χ1) is 6.79. The lowest BCUT2D eigenvalue weighted by molar-refractivity contribution is 0.863. The van der Waals surface area contributed by atoms with Gasteiger partial charge >= 0.3 is 0 Å². The maximum absolute atomic E-state index is 5.26. The van der Waals surface area contributed by atoms with Gasteiger partial charge in [0.25, 0.3) is 0 Å². The molecule has 16 heavy (non-hydrogen) atoms. The van der Waals surface area contributed by atoms with E-state index in [0.29, 0.717) is 0 Å². The lowest BCUT2D eigenvalue weighted by atomic mass is 10.3. The molecule has 0 aliphatic rings. The largest absolute Gasteiger partial charge is 0.324 e. The second kappa shape index (κ2) is 6.32. The molecule has 1 aromatic heterocycles. The number of nitrogens with one attached hydrogen (secondary N) is 1. The SMILES string of the molecule is Cc1ncn(-c2ccc(NN)cc2)n1.Cl.Cl. The fourth-order valence-corrected chi connectivity index (χ4v) is 1.18. The van der Waals surface area contributed by atoms with Crippen LogP contribution in [0.1, 0.15) is 5.82 Å². The molecule has 5 nitrogen and oxygen atoms in total. The highest BCUT2D eigenvalue weighted by atomic mass is 35.5. The Kier molecular flexibility index (Phi) is 5.81. The van der Waals surface area contributed by atoms with Crippen molar-refractivity contribution < 1.29 is 0 Å². The van der Waals surface area contributed by atoms with Crippen LogP contribution in [0.5, 0.6) is 0 Å². The Morgan fingerprint density at radius 1 is 1.19 bits per heavy atom. The number of hydrogen-bond donors (Lipinski definition) is 2. The number of nitrogen functional groups attached to an aromatic ring is 1. The number of nitrogens with zero attached hydrogens (tertiary/aromatic N) is 3. The molecular weight excluding hydrogens is 249 g/mol. The predicted molar refractivity (Wildman–Crippen MR) is 68.4 cm³/mol. The summed E-state index contributed by atoms with van der Waals surface area (Å²) in [7, 11) is 0. The third-order valence-electron chi connectivity index (χ3n) is 1.90. The van der Waals surface area contributed by atoms with Gasteiger partial charge < -0.3 is 5.43 Å². The molecule has 0 aliphatic carbocycles. The zero-order chi connectivity index (χ0) is 9.97. The number of aryl methyl sites for hydroxylation is 1. The van der Waals surface area contributed by atoms with E-state index in [-0.39, 0.29) is 24.8 Å². The fraction of sp³-hybridized carbons (Fsp3) is 0.111. The average molecular weight is 262 g/mol. The van der Waals surface area contributed by atoms with E-state index in [1.807, 2.05) is 31.2 Å². The van der Waals surface area contributed by atoms with Crippen molar-refractivity contribution in [3.63, 3.8) is 0 Å². The molecule has 1 aromatic carbocycles. The summed E-state index contributed by atoms with van der Waals surface area (Å²) in [5.41, 5.74) is 4.39. The Morgan fingerprint density at radius 2 is 1.81 bits per heavy atom. The van der Waals surface area contributed by atoms with Crippen molar-refractivity contribution >= 4 is 30.5 Å². The van der Waals surface area contributed by atoms with Crippen molar-refractivity contribution in [3.05, 3.63) is 36.4 Å². The van der Waals surface area contributed by atoms with E-state index < -0.39 is 0 Å². The van der Waals surface area contributed by atoms with Crippen molar-refractivity contribution in [2.75, 3.05) is 5.43 Å². The van der Waals surface area contributed by atoms with Crippen LogP contribution in [0, 0.1) is 6.92 Å². The minimum absolute atomic E-state index is 0. The van der Waals surface area contributed by atoms with Gasteiger partial charge in [-0.3, -0.25) is 5.84 Å². The fourth-order valence-electron chi connectivity index (χ4n) is 1.18. The smallest absolute Gasteiger partial charge is 0.147 e. The maximum Gasteiger partial charge on any atom is 0.147 e. The summed E-state index contributed by atoms with van der Waals surface area (Å²) < 4.78 is 1.72. The Balaban J connectivity index is 0.00000112. The van der Waals surface area contributed by atoms with Crippen LogP contribution in [-0.4, -0.2) is 14.8 Å². The van der Waals surface area contributed by atoms with E-state index in [0.717, 1.165) is 17.2 Å². The van der Waals surface area contributed by atoms with Crippen molar-refractivity contribution in [2.24, 2.45) is 5.84 Å². The molecule has 7 heteroatoms. The van der Waals surface area contributed by atoms with Crippen LogP contribution in [0.2, 0.25) is 0 Å². The van der Waals surface area contributed by atoms with Crippen LogP contribution in [0.25, 0.3) is 5.69 Å². The Hall–Kier alpha value is -1.30. The minimum atomic E-state index is 0. The molecule has 3 N–H and O–H groups in total. The van der Waals surface area contributed by atoms with Crippen molar-refractivity contribution in [3.8, 4) is 5.69 Å². The van der Waals surface area contributed by atoms with Crippen LogP contribution in [-0.2, 0) is 0 Å². The van der Waals surface area contributed by atoms with E-state index in [9.17, 15) is 0 Å². The van der Waals surface area contributed by atoms with Crippen molar-refractivity contribution in [1.82, 2.24) is 14.8 Å². The van der Waals surface area contributed by atoms with Gasteiger partial charge in [-0.1, -0.05) is 0 Å². The van der Waals surface area contributed by atoms with Crippen LogP contribution in [0.4, 0.5) is 5.69 Å². The molecule has 2 rings (SSSR count). The Morgan fingerprint density at radius 3 is 2.25 bits per heavy atom. The highest BCUT2D eigenvalue weighted by Crippen LogP contribution is 2.10. The number of anilines is 1. The predicted octanol–water partition coefficient (Wildman–Crippen LogP) is 1.70. The summed E-state index contributed by atoms with van der Waals surface area (Å²) in [6.45, 7) is 1.85. The number of rotatable bonds is 2. The first-order valence-corrected chi connectivity index (χ1v) is 4.25. The lowest BCUT2D eigenvalue weighted by Crippen LogP contribution is -2.06. The highest BCUT2D eigenvalue weighted by molar-refractivity contribution is 5.85. The number of hydrogen-bond acceptors (Lipinski definition) is 4. The molecule has 0 bridgehead atoms. The third-order valence-corrected chi connectivity index (χ3v) is 1.90. The number of nitrogens with two attached hydrogens (primary N) is 1. The van der Waals surface area contributed by atoms with Gasteiger partial charge in [-0.15, -0.1) is 24.8 Å². The van der Waals surface area contributed by atoms with Gasteiger partial charge in [0, 0.05) is 5.69 Å². The van der Waals surface area contributed by atoms with Crippen LogP contribution < -0.4 is 11.3 Å². The molecule has 0 aliphatic heterocycles. The summed E-state index contributed by atoms with van der Waals surface area (Å²) in [5, 5.41) is 4.19. The molecule has 0 spiro atoms. The van der Waals surface area contributed by atoms with Crippen LogP contribution in [0.15, 0.2) is 30.6 Å². The van der Waals surface area contributed by atoms with Gasteiger partial charge in [-0.05, 0) is 31.2 Å². The average Bonchev–Trinajstić information content (AvgIpc) is 2.65. The van der Waals surface area contributed by atoms with E-state index in [1.165, 1.54) is 0 Å². The normalized spacial score (nSPS) is 8.88. The maximum atomic E-state index is 5.26. The molecule has 0 unspecified atom stereocenters. The van der Waals surface area contributed by atoms with Crippen molar-refractivity contribution in [1.29, 1.82) is 0 Å². The molecule has 0 amide bonds. The van der Waals surface area contributed by atoms with Gasteiger partial charge in [-0.25, -0.2) is 9.67 Å². The Bertz CT molecular complexity index is 426. The summed E-state index contributed by atoms with van der Waals surface area (Å²) in [5.74, 6) is 6.01. The summed E-state index contributed by atoms with van der Waals surface area (Å²) in [6.07, 6.45) is 1.68. The molecule has 88 valence electrons. The molecular formula is C9H13Cl2N5. The second-order valence-corrected chi connectivity index (χ2v) is 2.93. The number of halogens is 2. The minimum Gasteiger partial charge on any atom is -0.324 e.